The number of aryl methyl sites for hydroxylation is 1. The zero-order valence-electron chi connectivity index (χ0n) is 16.0. The number of rotatable bonds is 3. The van der Waals surface area contributed by atoms with E-state index >= 15 is 0 Å². The number of furan rings is 1. The maximum absolute atomic E-state index is 13.5. The van der Waals surface area contributed by atoms with Gasteiger partial charge in [0.2, 0.25) is 5.71 Å². The zero-order chi connectivity index (χ0) is 21.3. The van der Waals surface area contributed by atoms with Crippen molar-refractivity contribution >= 4 is 11.1 Å². The lowest BCUT2D eigenvalue weighted by Crippen LogP contribution is -2.39. The summed E-state index contributed by atoms with van der Waals surface area (Å²) in [6.07, 6.45) is 0.511. The molecule has 4 aromatic rings. The van der Waals surface area contributed by atoms with E-state index in [0.29, 0.717) is 12.0 Å². The van der Waals surface area contributed by atoms with Crippen molar-refractivity contribution in [3.05, 3.63) is 104 Å². The first-order valence-corrected chi connectivity index (χ1v) is 9.14. The molecule has 7 heteroatoms. The van der Waals surface area contributed by atoms with Gasteiger partial charge < -0.3 is 4.42 Å². The van der Waals surface area contributed by atoms with Crippen LogP contribution in [0.5, 0.6) is 0 Å². The Morgan fingerprint density at radius 1 is 0.967 bits per heavy atom. The molecule has 0 radical (unpaired) electrons. The fraction of sp³-hybridized carbons (Fsp3) is 0.130. The second-order valence-electron chi connectivity index (χ2n) is 6.77. The number of fused-ring (bicyclic) bond motifs is 1. The van der Waals surface area contributed by atoms with E-state index < -0.39 is 22.9 Å². The summed E-state index contributed by atoms with van der Waals surface area (Å²) in [5, 5.41) is 0.184. The van der Waals surface area contributed by atoms with Gasteiger partial charge in [-0.1, -0.05) is 42.3 Å². The van der Waals surface area contributed by atoms with Gasteiger partial charge in [-0.3, -0.25) is 13.9 Å². The van der Waals surface area contributed by atoms with Crippen molar-refractivity contribution in [2.45, 2.75) is 13.0 Å². The molecule has 0 aliphatic rings. The number of aromatic nitrogens is 2. The van der Waals surface area contributed by atoms with Gasteiger partial charge in [0, 0.05) is 19.5 Å². The molecule has 0 N–H and O–H groups in total. The summed E-state index contributed by atoms with van der Waals surface area (Å²) < 4.78 is 34.4. The average Bonchev–Trinajstić information content (AvgIpc) is 3.17. The maximum Gasteiger partial charge on any atom is 0.333 e. The molecule has 0 amide bonds. The summed E-state index contributed by atoms with van der Waals surface area (Å²) in [6, 6.07) is 14.4. The van der Waals surface area contributed by atoms with Crippen LogP contribution in [0.4, 0.5) is 8.78 Å². The third-order valence-electron chi connectivity index (χ3n) is 4.68. The fourth-order valence-corrected chi connectivity index (χ4v) is 3.13. The topological polar surface area (TPSA) is 57.1 Å². The number of hydrogen-bond acceptors (Lipinski definition) is 3. The van der Waals surface area contributed by atoms with Gasteiger partial charge in [-0.05, 0) is 29.2 Å². The second-order valence-corrected chi connectivity index (χ2v) is 6.77. The van der Waals surface area contributed by atoms with Crippen LogP contribution in [0.3, 0.4) is 0 Å². The summed E-state index contributed by atoms with van der Waals surface area (Å²) in [7, 11) is 1.47. The highest BCUT2D eigenvalue weighted by Crippen LogP contribution is 2.14. The fourth-order valence-electron chi connectivity index (χ4n) is 3.13. The Balaban J connectivity index is 1.71. The summed E-state index contributed by atoms with van der Waals surface area (Å²) in [6.45, 7) is -0.196. The molecular weight excluding hydrogens is 390 g/mol. The van der Waals surface area contributed by atoms with Gasteiger partial charge in [-0.25, -0.2) is 13.6 Å². The van der Waals surface area contributed by atoms with E-state index in [0.717, 1.165) is 22.3 Å². The summed E-state index contributed by atoms with van der Waals surface area (Å²) >= 11 is 0. The standard InChI is InChI=1S/C23H16F2N2O3/c1-26-22-18(13-17(30-22)9-5-8-15-6-3-2-4-7-15)21(28)27(23(26)29)14-16-10-11-19(24)20(25)12-16/h2-4,6-7,10-13H,8,14H2,1H3. The predicted molar refractivity (Wildman–Crippen MR) is 108 cm³/mol. The highest BCUT2D eigenvalue weighted by Gasteiger charge is 2.16. The number of benzene rings is 2. The molecule has 5 nitrogen and oxygen atoms in total. The van der Waals surface area contributed by atoms with E-state index in [9.17, 15) is 18.4 Å². The molecule has 0 unspecified atom stereocenters. The number of halogens is 2. The molecule has 150 valence electrons. The van der Waals surface area contributed by atoms with Crippen molar-refractivity contribution in [2.24, 2.45) is 7.05 Å². The highest BCUT2D eigenvalue weighted by molar-refractivity contribution is 5.74. The van der Waals surface area contributed by atoms with Gasteiger partial charge >= 0.3 is 5.69 Å². The normalized spacial score (nSPS) is 10.8. The quantitative estimate of drug-likeness (QED) is 0.491. The first-order valence-electron chi connectivity index (χ1n) is 9.14. The highest BCUT2D eigenvalue weighted by atomic mass is 19.2. The first-order chi connectivity index (χ1) is 14.4. The molecule has 0 aliphatic heterocycles. The van der Waals surface area contributed by atoms with Crippen LogP contribution in [0.15, 0.2) is 68.6 Å². The molecule has 0 atom stereocenters. The molecule has 2 aromatic heterocycles. The van der Waals surface area contributed by atoms with Crippen molar-refractivity contribution in [3.8, 4) is 11.8 Å². The Bertz CT molecular complexity index is 1420. The van der Waals surface area contributed by atoms with Gasteiger partial charge in [-0.2, -0.15) is 0 Å². The van der Waals surface area contributed by atoms with Crippen LogP contribution in [0.2, 0.25) is 0 Å². The molecule has 0 bridgehead atoms. The lowest BCUT2D eigenvalue weighted by Gasteiger charge is -2.08. The molecule has 0 fully saturated rings. The monoisotopic (exact) mass is 406 g/mol. The molecular formula is C23H16F2N2O3. The Morgan fingerprint density at radius 3 is 2.47 bits per heavy atom. The average molecular weight is 406 g/mol. The van der Waals surface area contributed by atoms with Crippen molar-refractivity contribution in [1.29, 1.82) is 0 Å². The lowest BCUT2D eigenvalue weighted by molar-refractivity contribution is 0.505. The number of nitrogens with zero attached hydrogens (tertiary/aromatic N) is 2. The molecule has 4 rings (SSSR count). The minimum atomic E-state index is -1.04. The largest absolute Gasteiger partial charge is 0.431 e. The third kappa shape index (κ3) is 3.67. The minimum Gasteiger partial charge on any atom is -0.431 e. The van der Waals surface area contributed by atoms with Gasteiger partial charge in [0.1, 0.15) is 5.39 Å². The van der Waals surface area contributed by atoms with E-state index in [4.69, 9.17) is 4.42 Å². The lowest BCUT2D eigenvalue weighted by atomic mass is 10.1. The molecule has 2 aromatic carbocycles. The van der Waals surface area contributed by atoms with Gasteiger partial charge in [0.05, 0.1) is 6.54 Å². The number of hydrogen-bond donors (Lipinski definition) is 0. The molecule has 0 aliphatic carbocycles. The van der Waals surface area contributed by atoms with Crippen LogP contribution in [0.1, 0.15) is 16.9 Å². The Kier molecular flexibility index (Phi) is 5.07. The summed E-state index contributed by atoms with van der Waals surface area (Å²) in [4.78, 5) is 25.5. The van der Waals surface area contributed by atoms with Crippen molar-refractivity contribution in [2.75, 3.05) is 0 Å². The van der Waals surface area contributed by atoms with E-state index in [-0.39, 0.29) is 23.4 Å². The van der Waals surface area contributed by atoms with Crippen LogP contribution in [-0.2, 0) is 20.0 Å². The van der Waals surface area contributed by atoms with Crippen molar-refractivity contribution in [1.82, 2.24) is 9.13 Å². The maximum atomic E-state index is 13.5. The molecule has 30 heavy (non-hydrogen) atoms. The van der Waals surface area contributed by atoms with E-state index in [1.165, 1.54) is 23.7 Å². The molecule has 0 spiro atoms. The van der Waals surface area contributed by atoms with Crippen LogP contribution < -0.4 is 11.2 Å². The smallest absolute Gasteiger partial charge is 0.333 e. The van der Waals surface area contributed by atoms with Crippen LogP contribution >= 0.6 is 0 Å². The SMILES string of the molecule is Cn1c(=O)n(Cc2ccc(F)c(F)c2)c(=O)c2cc(C#CCc3ccccc3)oc21. The summed E-state index contributed by atoms with van der Waals surface area (Å²) in [5.41, 5.74) is 0.227. The van der Waals surface area contributed by atoms with Crippen molar-refractivity contribution in [3.63, 3.8) is 0 Å². The predicted octanol–water partition coefficient (Wildman–Crippen LogP) is 3.21. The minimum absolute atomic E-state index is 0.107. The first kappa shape index (κ1) is 19.4. The van der Waals surface area contributed by atoms with E-state index in [1.807, 2.05) is 30.3 Å². The Hall–Kier alpha value is -3.92. The van der Waals surface area contributed by atoms with Crippen LogP contribution in [0.25, 0.3) is 11.1 Å². The van der Waals surface area contributed by atoms with E-state index in [2.05, 4.69) is 11.8 Å². The molecule has 0 saturated carbocycles. The molecule has 2 heterocycles. The van der Waals surface area contributed by atoms with Crippen LogP contribution in [-0.4, -0.2) is 9.13 Å². The van der Waals surface area contributed by atoms with Gasteiger partial charge in [0.15, 0.2) is 17.4 Å². The molecule has 0 saturated heterocycles. The van der Waals surface area contributed by atoms with E-state index in [1.54, 1.807) is 0 Å². The zero-order valence-corrected chi connectivity index (χ0v) is 16.0. The van der Waals surface area contributed by atoms with Crippen molar-refractivity contribution < 1.29 is 13.2 Å². The van der Waals surface area contributed by atoms with Crippen LogP contribution in [0, 0.1) is 23.5 Å². The second kappa shape index (κ2) is 7.84. The third-order valence-corrected chi connectivity index (χ3v) is 4.68. The Labute approximate surface area is 169 Å². The summed E-state index contributed by atoms with van der Waals surface area (Å²) in [5.74, 6) is 4.07. The Morgan fingerprint density at radius 2 is 1.73 bits per heavy atom. The van der Waals surface area contributed by atoms with Gasteiger partial charge in [-0.15, -0.1) is 0 Å². The van der Waals surface area contributed by atoms with Gasteiger partial charge in [0.25, 0.3) is 5.56 Å².